The quantitative estimate of drug-likeness (QED) is 0.876. The summed E-state index contributed by atoms with van der Waals surface area (Å²) in [4.78, 5) is 2.49. The fraction of sp³-hybridized carbons (Fsp3) is 0.444. The fourth-order valence-electron chi connectivity index (χ4n) is 4.03. The van der Waals surface area contributed by atoms with Crippen LogP contribution in [0.5, 0.6) is 5.75 Å². The van der Waals surface area contributed by atoms with Crippen molar-refractivity contribution in [2.45, 2.75) is 37.6 Å². The van der Waals surface area contributed by atoms with Gasteiger partial charge in [0.1, 0.15) is 5.75 Å². The number of hydrogen-bond donors (Lipinski definition) is 1. The van der Waals surface area contributed by atoms with Gasteiger partial charge in [-0.1, -0.05) is 6.07 Å². The van der Waals surface area contributed by atoms with Gasteiger partial charge in [0.2, 0.25) is 0 Å². The lowest BCUT2D eigenvalue weighted by atomic mass is 9.79. The summed E-state index contributed by atoms with van der Waals surface area (Å²) in [5.41, 5.74) is 5.52. The predicted octanol–water partition coefficient (Wildman–Crippen LogP) is 4.44. The molecule has 2 nitrogen and oxygen atoms in total. The number of nitrogens with zero attached hydrogens (tertiary/aromatic N) is 1. The first-order valence-electron chi connectivity index (χ1n) is 7.67. The summed E-state index contributed by atoms with van der Waals surface area (Å²) in [6.07, 6.45) is 3.60. The Morgan fingerprint density at radius 1 is 1.32 bits per heavy atom. The largest absolute Gasteiger partial charge is 0.508 e. The monoisotopic (exact) mass is 335 g/mol. The molecule has 0 amide bonds. The zero-order valence-corrected chi connectivity index (χ0v) is 14.6. The van der Waals surface area contributed by atoms with Crippen molar-refractivity contribution in [3.63, 3.8) is 0 Å². The number of fused-ring (bicyclic) bond motifs is 1. The molecule has 0 saturated heterocycles. The first kappa shape index (κ1) is 15.9. The Morgan fingerprint density at radius 3 is 2.73 bits per heavy atom. The molecule has 22 heavy (non-hydrogen) atoms. The van der Waals surface area contributed by atoms with E-state index in [4.69, 9.17) is 0 Å². The van der Waals surface area contributed by atoms with Crippen LogP contribution < -0.4 is 0 Å². The Morgan fingerprint density at radius 2 is 2.09 bits per heavy atom. The highest BCUT2D eigenvalue weighted by molar-refractivity contribution is 7.08. The molecule has 1 unspecified atom stereocenters. The van der Waals surface area contributed by atoms with Crippen molar-refractivity contribution in [1.82, 2.24) is 4.90 Å². The van der Waals surface area contributed by atoms with E-state index in [1.165, 1.54) is 29.5 Å². The number of aromatic hydroxyl groups is 1. The van der Waals surface area contributed by atoms with E-state index in [9.17, 15) is 5.11 Å². The summed E-state index contributed by atoms with van der Waals surface area (Å²) in [5.74, 6) is 0.440. The molecule has 2 aliphatic rings. The van der Waals surface area contributed by atoms with E-state index < -0.39 is 0 Å². The molecule has 2 aromatic rings. The van der Waals surface area contributed by atoms with E-state index in [-0.39, 0.29) is 17.8 Å². The Balaban J connectivity index is 0.00000144. The molecular weight excluding hydrogens is 314 g/mol. The maximum absolute atomic E-state index is 10.2. The normalized spacial score (nSPS) is 22.7. The Bertz CT molecular complexity index is 679. The van der Waals surface area contributed by atoms with Crippen LogP contribution in [0.1, 0.15) is 41.1 Å². The van der Waals surface area contributed by atoms with E-state index in [1.807, 2.05) is 13.0 Å². The van der Waals surface area contributed by atoms with Gasteiger partial charge in [-0.25, -0.2) is 0 Å². The third kappa shape index (κ3) is 2.27. The van der Waals surface area contributed by atoms with Crippen LogP contribution in [-0.4, -0.2) is 23.6 Å². The van der Waals surface area contributed by atoms with Crippen molar-refractivity contribution in [3.05, 3.63) is 51.2 Å². The number of halogens is 1. The van der Waals surface area contributed by atoms with E-state index in [1.54, 1.807) is 11.3 Å². The zero-order chi connectivity index (χ0) is 14.6. The molecule has 1 aliphatic carbocycles. The van der Waals surface area contributed by atoms with Crippen molar-refractivity contribution in [2.24, 2.45) is 0 Å². The minimum Gasteiger partial charge on any atom is -0.508 e. The molecule has 4 rings (SSSR count). The van der Waals surface area contributed by atoms with Gasteiger partial charge < -0.3 is 5.11 Å². The van der Waals surface area contributed by atoms with Gasteiger partial charge in [0.15, 0.2) is 0 Å². The Labute approximate surface area is 142 Å². The summed E-state index contributed by atoms with van der Waals surface area (Å²) >= 11 is 1.79. The summed E-state index contributed by atoms with van der Waals surface area (Å²) in [5, 5.41) is 14.7. The zero-order valence-electron chi connectivity index (χ0n) is 13.0. The van der Waals surface area contributed by atoms with Gasteiger partial charge in [-0.15, -0.1) is 12.4 Å². The standard InChI is InChI=1S/C18H21NOS.ClH/c1-12-9-13-3-7-19(2)17(15(13)10-16(12)20)18(5-6-18)14-4-8-21-11-14;/h4,8-11,17,20H,3,5-7H2,1-2H3;1H. The molecule has 4 heteroatoms. The van der Waals surface area contributed by atoms with Gasteiger partial charge in [0.05, 0.1) is 0 Å². The van der Waals surface area contributed by atoms with E-state index >= 15 is 0 Å². The first-order valence-corrected chi connectivity index (χ1v) is 8.61. The number of benzene rings is 1. The second kappa shape index (κ2) is 5.55. The summed E-state index contributed by atoms with van der Waals surface area (Å²) < 4.78 is 0. The summed E-state index contributed by atoms with van der Waals surface area (Å²) in [6.45, 7) is 3.10. The van der Waals surface area contributed by atoms with Crippen molar-refractivity contribution < 1.29 is 5.11 Å². The second-order valence-corrected chi connectivity index (χ2v) is 7.42. The van der Waals surface area contributed by atoms with Crippen molar-refractivity contribution >= 4 is 23.7 Å². The lowest BCUT2D eigenvalue weighted by Gasteiger charge is -2.40. The van der Waals surface area contributed by atoms with E-state index in [0.717, 1.165) is 18.5 Å². The van der Waals surface area contributed by atoms with Gasteiger partial charge in [0.25, 0.3) is 0 Å². The predicted molar refractivity (Wildman–Crippen MR) is 94.4 cm³/mol. The van der Waals surface area contributed by atoms with Crippen molar-refractivity contribution in [2.75, 3.05) is 13.6 Å². The van der Waals surface area contributed by atoms with Gasteiger partial charge in [-0.3, -0.25) is 4.90 Å². The van der Waals surface area contributed by atoms with Crippen LogP contribution in [0.3, 0.4) is 0 Å². The van der Waals surface area contributed by atoms with Crippen LogP contribution in [0.15, 0.2) is 29.0 Å². The lowest BCUT2D eigenvalue weighted by molar-refractivity contribution is 0.187. The second-order valence-electron chi connectivity index (χ2n) is 6.64. The maximum Gasteiger partial charge on any atom is 0.118 e. The molecule has 1 aromatic heterocycles. The molecule has 0 radical (unpaired) electrons. The van der Waals surface area contributed by atoms with Gasteiger partial charge in [-0.05, 0) is 78.4 Å². The average Bonchev–Trinajstić information content (AvgIpc) is 3.06. The number of aryl methyl sites for hydroxylation is 1. The van der Waals surface area contributed by atoms with E-state index in [0.29, 0.717) is 11.8 Å². The molecule has 1 saturated carbocycles. The first-order chi connectivity index (χ1) is 10.1. The molecule has 0 bridgehead atoms. The lowest BCUT2D eigenvalue weighted by Crippen LogP contribution is -2.39. The third-order valence-electron chi connectivity index (χ3n) is 5.34. The molecule has 1 aromatic carbocycles. The number of thiophene rings is 1. The van der Waals surface area contributed by atoms with Crippen molar-refractivity contribution in [1.29, 1.82) is 0 Å². The van der Waals surface area contributed by atoms with Gasteiger partial charge in [-0.2, -0.15) is 11.3 Å². The highest BCUT2D eigenvalue weighted by atomic mass is 35.5. The number of phenols is 1. The minimum absolute atomic E-state index is 0. The Kier molecular flexibility index (Phi) is 4.00. The van der Waals surface area contributed by atoms with Crippen LogP contribution in [0.2, 0.25) is 0 Å². The number of likely N-dealkylation sites (N-methyl/N-ethyl adjacent to an activating group) is 1. The fourth-order valence-corrected chi connectivity index (χ4v) is 4.79. The molecule has 1 aliphatic heterocycles. The smallest absolute Gasteiger partial charge is 0.118 e. The molecule has 118 valence electrons. The van der Waals surface area contributed by atoms with Crippen LogP contribution in [0.4, 0.5) is 0 Å². The topological polar surface area (TPSA) is 23.5 Å². The highest BCUT2D eigenvalue weighted by Crippen LogP contribution is 2.60. The minimum atomic E-state index is 0. The van der Waals surface area contributed by atoms with Crippen LogP contribution in [0.25, 0.3) is 0 Å². The van der Waals surface area contributed by atoms with E-state index in [2.05, 4.69) is 34.8 Å². The van der Waals surface area contributed by atoms with Crippen molar-refractivity contribution in [3.8, 4) is 5.75 Å². The molecule has 1 atom stereocenters. The van der Waals surface area contributed by atoms with Gasteiger partial charge in [0, 0.05) is 18.0 Å². The average molecular weight is 336 g/mol. The SMILES string of the molecule is Cc1cc2c(cc1O)C(C1(c3ccsc3)CC1)N(C)CC2.Cl. The molecular formula is C18H22ClNOS. The van der Waals surface area contributed by atoms with Crippen LogP contribution in [0, 0.1) is 6.92 Å². The third-order valence-corrected chi connectivity index (χ3v) is 6.02. The van der Waals surface area contributed by atoms with Crippen LogP contribution >= 0.6 is 23.7 Å². The molecule has 1 fully saturated rings. The highest BCUT2D eigenvalue weighted by Gasteiger charge is 2.54. The molecule has 0 spiro atoms. The number of rotatable bonds is 2. The maximum atomic E-state index is 10.2. The summed E-state index contributed by atoms with van der Waals surface area (Å²) in [6, 6.07) is 6.90. The number of hydrogen-bond acceptors (Lipinski definition) is 3. The van der Waals surface area contributed by atoms with Gasteiger partial charge >= 0.3 is 0 Å². The molecule has 1 N–H and O–H groups in total. The number of phenolic OH excluding ortho intramolecular Hbond substituents is 1. The Hall–Kier alpha value is -1.03. The molecule has 2 heterocycles. The summed E-state index contributed by atoms with van der Waals surface area (Å²) in [7, 11) is 2.23. The van der Waals surface area contributed by atoms with Crippen LogP contribution in [-0.2, 0) is 11.8 Å².